The van der Waals surface area contributed by atoms with Gasteiger partial charge in [-0.05, 0) is 51.1 Å². The molecule has 0 aromatic heterocycles. The molecule has 2 aromatic rings. The molecule has 1 atom stereocenters. The third-order valence-electron chi connectivity index (χ3n) is 4.27. The maximum Gasteiger partial charge on any atom is 0.333 e. The molecule has 1 N–H and O–H groups in total. The molecule has 0 saturated heterocycles. The summed E-state index contributed by atoms with van der Waals surface area (Å²) in [6.07, 6.45) is 3.50. The molecule has 0 saturated carbocycles. The van der Waals surface area contributed by atoms with E-state index in [1.165, 1.54) is 6.92 Å². The Hall–Kier alpha value is -2.02. The molecule has 0 radical (unpaired) electrons. The number of hydrogen-bond donors (Lipinski definition) is 1. The van der Waals surface area contributed by atoms with Gasteiger partial charge in [0.1, 0.15) is 17.4 Å². The van der Waals surface area contributed by atoms with Crippen molar-refractivity contribution < 1.29 is 19.1 Å². The first-order valence-electron chi connectivity index (χ1n) is 8.75. The predicted octanol–water partition coefficient (Wildman–Crippen LogP) is 3.81. The van der Waals surface area contributed by atoms with Crippen LogP contribution in [0.25, 0.3) is 12.3 Å². The van der Waals surface area contributed by atoms with E-state index >= 15 is 0 Å². The van der Waals surface area contributed by atoms with Gasteiger partial charge in [-0.25, -0.2) is 4.79 Å². The highest BCUT2D eigenvalue weighted by Crippen LogP contribution is 2.24. The van der Waals surface area contributed by atoms with Crippen LogP contribution >= 0.6 is 39.1 Å². The summed E-state index contributed by atoms with van der Waals surface area (Å²) in [4.78, 5) is 25.0. The summed E-state index contributed by atoms with van der Waals surface area (Å²) < 4.78 is 12.1. The smallest absolute Gasteiger partial charge is 0.333 e. The Morgan fingerprint density at radius 3 is 2.45 bits per heavy atom. The molecule has 8 heteroatoms. The molecule has 5 nitrogen and oxygen atoms in total. The summed E-state index contributed by atoms with van der Waals surface area (Å²) in [6.45, 7) is 5.37. The lowest BCUT2D eigenvalue weighted by Crippen LogP contribution is -2.43. The van der Waals surface area contributed by atoms with Gasteiger partial charge in [0.2, 0.25) is 0 Å². The second-order valence-corrected chi connectivity index (χ2v) is 8.74. The van der Waals surface area contributed by atoms with E-state index in [4.69, 9.17) is 32.7 Å². The Balaban J connectivity index is 1.81. The number of fused-ring (bicyclic) bond motifs is 1. The van der Waals surface area contributed by atoms with Crippen molar-refractivity contribution in [1.82, 2.24) is 5.32 Å². The molecule has 1 aliphatic heterocycles. The van der Waals surface area contributed by atoms with Gasteiger partial charge in [0.15, 0.2) is 0 Å². The molecule has 3 rings (SSSR count). The van der Waals surface area contributed by atoms with E-state index in [9.17, 15) is 9.59 Å². The average Bonchev–Trinajstić information content (AvgIpc) is 2.63. The Morgan fingerprint density at radius 1 is 1.14 bits per heavy atom. The normalized spacial score (nSPS) is 15.1. The fourth-order valence-electron chi connectivity index (χ4n) is 2.78. The molecule has 1 heterocycles. The summed E-state index contributed by atoms with van der Waals surface area (Å²) in [5, 5.41) is 4.46. The fourth-order valence-corrected chi connectivity index (χ4v) is 3.81. The second-order valence-electron chi connectivity index (χ2n) is 7.07. The largest absolute Gasteiger partial charge is 0.491 e. The third-order valence-corrected chi connectivity index (χ3v) is 5.59. The van der Waals surface area contributed by atoms with E-state index in [0.29, 0.717) is 11.0 Å². The SMILES string of the molecule is C[C@H](NC(=O)c1c(Cl)cccc1Cl)C(=O)Oc1ccc(Br)c2c1=COC(C)(C)C=2. The monoisotopic (exact) mass is 497 g/mol. The number of nitrogens with one attached hydrogen (secondary N) is 1. The lowest BCUT2D eigenvalue weighted by molar-refractivity contribution is -0.136. The Bertz CT molecular complexity index is 1090. The van der Waals surface area contributed by atoms with E-state index in [-0.39, 0.29) is 15.6 Å². The van der Waals surface area contributed by atoms with Gasteiger partial charge in [-0.15, -0.1) is 0 Å². The van der Waals surface area contributed by atoms with Crippen molar-refractivity contribution in [2.45, 2.75) is 32.4 Å². The maximum absolute atomic E-state index is 12.6. The third kappa shape index (κ3) is 4.77. The minimum absolute atomic E-state index is 0.107. The summed E-state index contributed by atoms with van der Waals surface area (Å²) in [6, 6.07) is 7.25. The summed E-state index contributed by atoms with van der Waals surface area (Å²) in [5.41, 5.74) is -0.372. The predicted molar refractivity (Wildman–Crippen MR) is 117 cm³/mol. The number of carbonyl (C=O) groups excluding carboxylic acids is 2. The maximum atomic E-state index is 12.6. The van der Waals surface area contributed by atoms with Crippen molar-refractivity contribution in [3.63, 3.8) is 0 Å². The van der Waals surface area contributed by atoms with Crippen LogP contribution in [0, 0.1) is 0 Å². The lowest BCUT2D eigenvalue weighted by Gasteiger charge is -2.24. The van der Waals surface area contributed by atoms with Gasteiger partial charge < -0.3 is 14.8 Å². The van der Waals surface area contributed by atoms with Crippen LogP contribution in [0.15, 0.2) is 34.8 Å². The zero-order valence-electron chi connectivity index (χ0n) is 15.9. The van der Waals surface area contributed by atoms with E-state index in [0.717, 1.165) is 9.69 Å². The molecular weight excluding hydrogens is 481 g/mol. The number of rotatable bonds is 4. The summed E-state index contributed by atoms with van der Waals surface area (Å²) >= 11 is 15.6. The van der Waals surface area contributed by atoms with E-state index < -0.39 is 23.5 Å². The van der Waals surface area contributed by atoms with Gasteiger partial charge in [0.25, 0.3) is 5.91 Å². The summed E-state index contributed by atoms with van der Waals surface area (Å²) in [5.74, 6) is -0.867. The van der Waals surface area contributed by atoms with Gasteiger partial charge >= 0.3 is 5.97 Å². The van der Waals surface area contributed by atoms with Crippen LogP contribution in [-0.4, -0.2) is 23.5 Å². The Kier molecular flexibility index (Phi) is 6.27. The molecule has 0 aliphatic carbocycles. The average molecular weight is 499 g/mol. The molecule has 2 aromatic carbocycles. The minimum Gasteiger partial charge on any atom is -0.491 e. The number of benzene rings is 2. The molecule has 1 amide bonds. The number of carbonyl (C=O) groups is 2. The van der Waals surface area contributed by atoms with Gasteiger partial charge in [-0.1, -0.05) is 45.2 Å². The Morgan fingerprint density at radius 2 is 1.79 bits per heavy atom. The van der Waals surface area contributed by atoms with E-state index in [1.54, 1.807) is 36.6 Å². The van der Waals surface area contributed by atoms with Crippen LogP contribution in [0.5, 0.6) is 5.75 Å². The molecule has 29 heavy (non-hydrogen) atoms. The van der Waals surface area contributed by atoms with Crippen molar-refractivity contribution in [3.05, 3.63) is 60.9 Å². The first kappa shape index (κ1) is 21.7. The first-order chi connectivity index (χ1) is 13.6. The van der Waals surface area contributed by atoms with Crippen LogP contribution in [0.1, 0.15) is 31.1 Å². The highest BCUT2D eigenvalue weighted by Gasteiger charge is 2.24. The van der Waals surface area contributed by atoms with Crippen molar-refractivity contribution in [1.29, 1.82) is 0 Å². The highest BCUT2D eigenvalue weighted by atomic mass is 79.9. The van der Waals surface area contributed by atoms with Gasteiger partial charge in [0, 0.05) is 9.69 Å². The first-order valence-corrected chi connectivity index (χ1v) is 10.3. The standard InChI is InChI=1S/C21H18BrCl2NO4/c1-11(25-19(26)18-15(23)5-4-6-16(18)24)20(27)29-17-8-7-14(22)12-9-21(2,3)28-10-13(12)17/h4-11H,1-3H3,(H,25,26)/t11-/m0/s1. The van der Waals surface area contributed by atoms with Crippen LogP contribution in [0.3, 0.4) is 0 Å². The zero-order chi connectivity index (χ0) is 21.3. The topological polar surface area (TPSA) is 64.6 Å². The molecule has 0 fully saturated rings. The van der Waals surface area contributed by atoms with E-state index in [2.05, 4.69) is 21.2 Å². The fraction of sp³-hybridized carbons (Fsp3) is 0.238. The second kappa shape index (κ2) is 8.38. The van der Waals surface area contributed by atoms with Crippen LogP contribution in [0.2, 0.25) is 10.0 Å². The van der Waals surface area contributed by atoms with Crippen molar-refractivity contribution >= 4 is 63.3 Å². The highest BCUT2D eigenvalue weighted by molar-refractivity contribution is 9.10. The van der Waals surface area contributed by atoms with Gasteiger partial charge in [0.05, 0.1) is 27.1 Å². The van der Waals surface area contributed by atoms with E-state index in [1.807, 2.05) is 19.9 Å². The number of ether oxygens (including phenoxy) is 2. The number of amides is 1. The molecule has 0 bridgehead atoms. The van der Waals surface area contributed by atoms with Crippen LogP contribution in [0.4, 0.5) is 0 Å². The molecule has 1 aliphatic rings. The number of halogens is 3. The number of esters is 1. The van der Waals surface area contributed by atoms with Crippen LogP contribution in [-0.2, 0) is 9.53 Å². The van der Waals surface area contributed by atoms with Crippen molar-refractivity contribution in [2.24, 2.45) is 0 Å². The zero-order valence-corrected chi connectivity index (χ0v) is 19.0. The van der Waals surface area contributed by atoms with Crippen molar-refractivity contribution in [2.75, 3.05) is 0 Å². The molecular formula is C21H18BrCl2NO4. The molecule has 152 valence electrons. The lowest BCUT2D eigenvalue weighted by atomic mass is 10.0. The van der Waals surface area contributed by atoms with Gasteiger partial charge in [-0.2, -0.15) is 0 Å². The minimum atomic E-state index is -0.931. The molecule has 0 unspecified atom stereocenters. The molecule has 0 spiro atoms. The number of hydrogen-bond acceptors (Lipinski definition) is 4. The van der Waals surface area contributed by atoms with Crippen LogP contribution < -0.4 is 20.5 Å². The summed E-state index contributed by atoms with van der Waals surface area (Å²) in [7, 11) is 0. The van der Waals surface area contributed by atoms with Gasteiger partial charge in [-0.3, -0.25) is 4.79 Å². The Labute approximate surface area is 186 Å². The quantitative estimate of drug-likeness (QED) is 0.514. The van der Waals surface area contributed by atoms with Crippen molar-refractivity contribution in [3.8, 4) is 5.75 Å².